The lowest BCUT2D eigenvalue weighted by molar-refractivity contribution is -0.131. The molecule has 0 unspecified atom stereocenters. The van der Waals surface area contributed by atoms with Crippen LogP contribution in [0, 0.1) is 5.92 Å². The van der Waals surface area contributed by atoms with E-state index in [1.807, 2.05) is 41.3 Å². The van der Waals surface area contributed by atoms with E-state index in [0.717, 1.165) is 11.1 Å². The average Bonchev–Trinajstić information content (AvgIpc) is 2.61. The van der Waals surface area contributed by atoms with Crippen molar-refractivity contribution in [3.8, 4) is 5.75 Å². The maximum Gasteiger partial charge on any atom is 0.308 e. The van der Waals surface area contributed by atoms with E-state index in [1.54, 1.807) is 18.2 Å². The summed E-state index contributed by atoms with van der Waals surface area (Å²) in [7, 11) is -3.57. The normalized spacial score (nSPS) is 11.4. The first-order valence-corrected chi connectivity index (χ1v) is 10.7. The Kier molecular flexibility index (Phi) is 7.42. The summed E-state index contributed by atoms with van der Waals surface area (Å²) in [4.78, 5) is 14.6. The zero-order valence-electron chi connectivity index (χ0n) is 16.1. The number of benzene rings is 2. The second kappa shape index (κ2) is 9.55. The molecule has 2 aromatic rings. The molecule has 1 amide bonds. The first kappa shape index (κ1) is 21.0. The molecule has 0 saturated heterocycles. The van der Waals surface area contributed by atoms with Crippen LogP contribution in [0.15, 0.2) is 54.6 Å². The molecule has 0 spiro atoms. The van der Waals surface area contributed by atoms with Crippen LogP contribution >= 0.6 is 0 Å². The number of rotatable bonds is 9. The van der Waals surface area contributed by atoms with Gasteiger partial charge in [-0.15, -0.1) is 0 Å². The van der Waals surface area contributed by atoms with Gasteiger partial charge in [-0.05, 0) is 36.1 Å². The monoisotopic (exact) mass is 389 g/mol. The van der Waals surface area contributed by atoms with Crippen LogP contribution in [0.3, 0.4) is 0 Å². The van der Waals surface area contributed by atoms with Crippen LogP contribution in [-0.4, -0.2) is 31.5 Å². The van der Waals surface area contributed by atoms with Gasteiger partial charge in [0, 0.05) is 13.1 Å². The SMILES string of the molecule is CCS(=O)(=O)Oc1cccc(CN(CC(C)C)C(=O)Cc2ccccc2)c1. The highest BCUT2D eigenvalue weighted by Crippen LogP contribution is 2.18. The molecule has 0 heterocycles. The van der Waals surface area contributed by atoms with E-state index in [2.05, 4.69) is 13.8 Å². The third-order valence-corrected chi connectivity index (χ3v) is 5.14. The molecular weight excluding hydrogens is 362 g/mol. The molecule has 0 aliphatic carbocycles. The van der Waals surface area contributed by atoms with Gasteiger partial charge in [0.25, 0.3) is 0 Å². The van der Waals surface area contributed by atoms with Gasteiger partial charge in [0.05, 0.1) is 12.2 Å². The van der Waals surface area contributed by atoms with E-state index < -0.39 is 10.1 Å². The van der Waals surface area contributed by atoms with Crippen molar-refractivity contribution < 1.29 is 17.4 Å². The molecule has 0 aliphatic heterocycles. The van der Waals surface area contributed by atoms with E-state index in [4.69, 9.17) is 4.18 Å². The van der Waals surface area contributed by atoms with E-state index in [1.165, 1.54) is 6.92 Å². The predicted octanol–water partition coefficient (Wildman–Crippen LogP) is 3.64. The van der Waals surface area contributed by atoms with Gasteiger partial charge in [-0.1, -0.05) is 56.3 Å². The third-order valence-electron chi connectivity index (χ3n) is 3.99. The Morgan fingerprint density at radius 1 is 1.04 bits per heavy atom. The lowest BCUT2D eigenvalue weighted by Gasteiger charge is -2.25. The minimum absolute atomic E-state index is 0.0439. The van der Waals surface area contributed by atoms with Crippen molar-refractivity contribution in [2.24, 2.45) is 5.92 Å². The smallest absolute Gasteiger partial charge is 0.308 e. The fourth-order valence-electron chi connectivity index (χ4n) is 2.70. The molecule has 5 nitrogen and oxygen atoms in total. The van der Waals surface area contributed by atoms with Crippen molar-refractivity contribution in [1.29, 1.82) is 0 Å². The summed E-state index contributed by atoms with van der Waals surface area (Å²) in [5.74, 6) is 0.549. The van der Waals surface area contributed by atoms with Crippen molar-refractivity contribution in [2.45, 2.75) is 33.7 Å². The van der Waals surface area contributed by atoms with Gasteiger partial charge in [-0.2, -0.15) is 8.42 Å². The number of hydrogen-bond acceptors (Lipinski definition) is 4. The van der Waals surface area contributed by atoms with E-state index in [0.29, 0.717) is 25.4 Å². The number of nitrogens with zero attached hydrogens (tertiary/aromatic N) is 1. The Bertz CT molecular complexity index is 847. The first-order valence-electron chi connectivity index (χ1n) is 9.12. The minimum Gasteiger partial charge on any atom is -0.382 e. The molecule has 2 aromatic carbocycles. The molecule has 146 valence electrons. The molecule has 0 fully saturated rings. The average molecular weight is 390 g/mol. The summed E-state index contributed by atoms with van der Waals surface area (Å²) in [5, 5.41) is 0. The predicted molar refractivity (Wildman–Crippen MR) is 107 cm³/mol. The summed E-state index contributed by atoms with van der Waals surface area (Å²) < 4.78 is 28.4. The molecule has 0 aliphatic rings. The number of hydrogen-bond donors (Lipinski definition) is 0. The van der Waals surface area contributed by atoms with Gasteiger partial charge in [0.15, 0.2) is 0 Å². The molecule has 27 heavy (non-hydrogen) atoms. The molecule has 0 aromatic heterocycles. The molecule has 0 bridgehead atoms. The number of amides is 1. The highest BCUT2D eigenvalue weighted by Gasteiger charge is 2.17. The molecule has 6 heteroatoms. The summed E-state index contributed by atoms with van der Waals surface area (Å²) in [6.07, 6.45) is 0.341. The van der Waals surface area contributed by atoms with Crippen molar-refractivity contribution in [3.63, 3.8) is 0 Å². The van der Waals surface area contributed by atoms with Gasteiger partial charge in [-0.3, -0.25) is 4.79 Å². The lowest BCUT2D eigenvalue weighted by atomic mass is 10.1. The maximum absolute atomic E-state index is 12.8. The molecular formula is C21H27NO4S. The van der Waals surface area contributed by atoms with Gasteiger partial charge >= 0.3 is 10.1 Å². The zero-order chi connectivity index (χ0) is 19.9. The van der Waals surface area contributed by atoms with Crippen LogP contribution in [-0.2, 0) is 27.9 Å². The highest BCUT2D eigenvalue weighted by atomic mass is 32.2. The Hall–Kier alpha value is -2.34. The fraction of sp³-hybridized carbons (Fsp3) is 0.381. The van der Waals surface area contributed by atoms with Gasteiger partial charge in [-0.25, -0.2) is 0 Å². The molecule has 0 saturated carbocycles. The number of carbonyl (C=O) groups is 1. The van der Waals surface area contributed by atoms with Gasteiger partial charge < -0.3 is 9.08 Å². The van der Waals surface area contributed by atoms with E-state index >= 15 is 0 Å². The second-order valence-electron chi connectivity index (χ2n) is 6.91. The fourth-order valence-corrected chi connectivity index (χ4v) is 3.21. The van der Waals surface area contributed by atoms with Crippen LogP contribution in [0.25, 0.3) is 0 Å². The van der Waals surface area contributed by atoms with Crippen LogP contribution in [0.5, 0.6) is 5.75 Å². The van der Waals surface area contributed by atoms with Crippen LogP contribution in [0.1, 0.15) is 31.9 Å². The quantitative estimate of drug-likeness (QED) is 0.614. The summed E-state index contributed by atoms with van der Waals surface area (Å²) in [5.41, 5.74) is 1.81. The Morgan fingerprint density at radius 2 is 1.70 bits per heavy atom. The van der Waals surface area contributed by atoms with Crippen LogP contribution in [0.4, 0.5) is 0 Å². The van der Waals surface area contributed by atoms with Crippen molar-refractivity contribution in [3.05, 3.63) is 65.7 Å². The molecule has 0 N–H and O–H groups in total. The van der Waals surface area contributed by atoms with Crippen molar-refractivity contribution in [1.82, 2.24) is 4.90 Å². The Labute approximate surface area is 162 Å². The molecule has 2 rings (SSSR count). The van der Waals surface area contributed by atoms with E-state index in [9.17, 15) is 13.2 Å². The zero-order valence-corrected chi connectivity index (χ0v) is 16.9. The summed E-state index contributed by atoms with van der Waals surface area (Å²) in [6, 6.07) is 16.5. The highest BCUT2D eigenvalue weighted by molar-refractivity contribution is 7.87. The number of carbonyl (C=O) groups excluding carboxylic acids is 1. The molecule has 0 atom stereocenters. The molecule has 0 radical (unpaired) electrons. The lowest BCUT2D eigenvalue weighted by Crippen LogP contribution is -2.34. The summed E-state index contributed by atoms with van der Waals surface area (Å²) >= 11 is 0. The standard InChI is InChI=1S/C21H27NO4S/c1-4-27(24,25)26-20-12-8-11-19(13-20)16-22(15-17(2)3)21(23)14-18-9-6-5-7-10-18/h5-13,17H,4,14-16H2,1-3H3. The minimum atomic E-state index is -3.57. The topological polar surface area (TPSA) is 63.7 Å². The third kappa shape index (κ3) is 7.06. The second-order valence-corrected chi connectivity index (χ2v) is 8.77. The van der Waals surface area contributed by atoms with Gasteiger partial charge in [0.2, 0.25) is 5.91 Å². The maximum atomic E-state index is 12.8. The van der Waals surface area contributed by atoms with Crippen LogP contribution in [0.2, 0.25) is 0 Å². The van der Waals surface area contributed by atoms with Crippen molar-refractivity contribution in [2.75, 3.05) is 12.3 Å². The van der Waals surface area contributed by atoms with Gasteiger partial charge in [0.1, 0.15) is 5.75 Å². The van der Waals surface area contributed by atoms with E-state index in [-0.39, 0.29) is 17.4 Å². The summed E-state index contributed by atoms with van der Waals surface area (Å²) in [6.45, 7) is 6.70. The van der Waals surface area contributed by atoms with Crippen molar-refractivity contribution >= 4 is 16.0 Å². The largest absolute Gasteiger partial charge is 0.382 e. The first-order chi connectivity index (χ1) is 12.8. The van der Waals surface area contributed by atoms with Crippen LogP contribution < -0.4 is 4.18 Å². The Morgan fingerprint density at radius 3 is 2.33 bits per heavy atom. The Balaban J connectivity index is 2.14.